The molecule has 0 saturated heterocycles. The second-order valence-electron chi connectivity index (χ2n) is 4.73. The molecular weight excluding hydrogens is 326 g/mol. The lowest BCUT2D eigenvalue weighted by atomic mass is 10.1. The number of nitrogens with one attached hydrogen (secondary N) is 1. The predicted molar refractivity (Wildman–Crippen MR) is 96.5 cm³/mol. The minimum absolute atomic E-state index is 0.356. The van der Waals surface area contributed by atoms with Crippen molar-refractivity contribution in [2.45, 2.75) is 27.3 Å². The zero-order valence-electron chi connectivity index (χ0n) is 14.4. The van der Waals surface area contributed by atoms with Crippen molar-refractivity contribution in [1.82, 2.24) is 24.7 Å². The van der Waals surface area contributed by atoms with Gasteiger partial charge in [0, 0.05) is 30.7 Å². The topological polar surface area (TPSA) is 64.3 Å². The molecule has 24 heavy (non-hydrogen) atoms. The van der Waals surface area contributed by atoms with Crippen molar-refractivity contribution in [3.05, 3.63) is 41.7 Å². The van der Waals surface area contributed by atoms with Gasteiger partial charge < -0.3 is 14.5 Å². The van der Waals surface area contributed by atoms with Crippen LogP contribution in [-0.2, 0) is 6.54 Å². The number of hydrogen-bond donors (Lipinski definition) is 1. The molecule has 0 amide bonds. The lowest BCUT2D eigenvalue weighted by Gasteiger charge is -2.11. The molecule has 0 fully saturated rings. The molecule has 1 N–H and O–H groups in total. The summed E-state index contributed by atoms with van der Waals surface area (Å²) in [6.07, 6.45) is 7.10. The first-order valence-electron chi connectivity index (χ1n) is 7.96. The largest absolute Gasteiger partial charge is 0.494 e. The number of halogens is 1. The molecule has 3 rings (SSSR count). The number of hydrogen-bond acceptors (Lipinski definition) is 5. The molecular formula is C17H22ClN5O. The maximum absolute atomic E-state index is 6.21. The van der Waals surface area contributed by atoms with Crippen LogP contribution in [0.4, 0.5) is 0 Å². The quantitative estimate of drug-likeness (QED) is 0.764. The van der Waals surface area contributed by atoms with Crippen molar-refractivity contribution in [3.8, 4) is 17.0 Å². The van der Waals surface area contributed by atoms with Crippen LogP contribution in [0.25, 0.3) is 16.9 Å². The molecule has 0 aromatic carbocycles. The molecule has 128 valence electrons. The predicted octanol–water partition coefficient (Wildman–Crippen LogP) is 3.59. The summed E-state index contributed by atoms with van der Waals surface area (Å²) < 4.78 is 7.24. The fourth-order valence-corrected chi connectivity index (χ4v) is 2.46. The van der Waals surface area contributed by atoms with E-state index in [4.69, 9.17) is 16.3 Å². The number of imidazole rings is 1. The highest BCUT2D eigenvalue weighted by Gasteiger charge is 2.13. The molecule has 0 radical (unpaired) electrons. The first kappa shape index (κ1) is 18.2. The highest BCUT2D eigenvalue weighted by atomic mass is 35.5. The van der Waals surface area contributed by atoms with E-state index in [2.05, 4.69) is 27.2 Å². The van der Waals surface area contributed by atoms with E-state index >= 15 is 0 Å². The van der Waals surface area contributed by atoms with Gasteiger partial charge in [-0.25, -0.2) is 9.97 Å². The Kier molecular flexibility index (Phi) is 6.52. The van der Waals surface area contributed by atoms with E-state index in [0.717, 1.165) is 17.8 Å². The molecule has 7 heteroatoms. The van der Waals surface area contributed by atoms with Gasteiger partial charge in [0.15, 0.2) is 10.8 Å². The van der Waals surface area contributed by atoms with E-state index in [1.807, 2.05) is 36.7 Å². The summed E-state index contributed by atoms with van der Waals surface area (Å²) in [5, 5.41) is 3.61. The van der Waals surface area contributed by atoms with Gasteiger partial charge in [-0.15, -0.1) is 0 Å². The third-order valence-electron chi connectivity index (χ3n) is 3.31. The van der Waals surface area contributed by atoms with Crippen molar-refractivity contribution in [2.24, 2.45) is 0 Å². The van der Waals surface area contributed by atoms with Crippen LogP contribution in [0.15, 0.2) is 30.9 Å². The Morgan fingerprint density at radius 1 is 1.29 bits per heavy atom. The van der Waals surface area contributed by atoms with Crippen LogP contribution in [0, 0.1) is 0 Å². The van der Waals surface area contributed by atoms with Gasteiger partial charge in [0.2, 0.25) is 0 Å². The Morgan fingerprint density at radius 2 is 2.08 bits per heavy atom. The Labute approximate surface area is 146 Å². The van der Waals surface area contributed by atoms with E-state index in [0.29, 0.717) is 28.8 Å². The van der Waals surface area contributed by atoms with E-state index in [1.54, 1.807) is 19.5 Å². The first-order chi connectivity index (χ1) is 11.7. The van der Waals surface area contributed by atoms with Gasteiger partial charge in [-0.1, -0.05) is 32.4 Å². The maximum Gasteiger partial charge on any atom is 0.174 e. The van der Waals surface area contributed by atoms with E-state index < -0.39 is 0 Å². The Hall–Kier alpha value is -2.18. The van der Waals surface area contributed by atoms with E-state index in [1.165, 1.54) is 0 Å². The summed E-state index contributed by atoms with van der Waals surface area (Å²) in [6, 6.07) is 1.96. The average Bonchev–Trinajstić information content (AvgIpc) is 3.10. The Morgan fingerprint density at radius 3 is 2.79 bits per heavy atom. The van der Waals surface area contributed by atoms with Gasteiger partial charge in [0.05, 0.1) is 24.7 Å². The number of aromatic nitrogens is 4. The van der Waals surface area contributed by atoms with Gasteiger partial charge in [-0.3, -0.25) is 4.98 Å². The third kappa shape index (κ3) is 3.83. The summed E-state index contributed by atoms with van der Waals surface area (Å²) in [6.45, 7) is 7.63. The second-order valence-corrected chi connectivity index (χ2v) is 5.09. The van der Waals surface area contributed by atoms with Crippen molar-refractivity contribution >= 4 is 17.2 Å². The summed E-state index contributed by atoms with van der Waals surface area (Å²) in [4.78, 5) is 13.0. The third-order valence-corrected chi connectivity index (χ3v) is 3.56. The van der Waals surface area contributed by atoms with Crippen molar-refractivity contribution < 1.29 is 4.74 Å². The number of pyridine rings is 1. The molecule has 0 spiro atoms. The zero-order valence-corrected chi connectivity index (χ0v) is 15.1. The van der Waals surface area contributed by atoms with Gasteiger partial charge in [-0.05, 0) is 12.6 Å². The molecule has 3 aromatic rings. The van der Waals surface area contributed by atoms with Crippen LogP contribution in [0.3, 0.4) is 0 Å². The summed E-state index contributed by atoms with van der Waals surface area (Å²) in [7, 11) is 1.61. The summed E-state index contributed by atoms with van der Waals surface area (Å²) in [5.74, 6) is 0.656. The van der Waals surface area contributed by atoms with Crippen molar-refractivity contribution in [2.75, 3.05) is 13.7 Å². The molecule has 0 saturated carbocycles. The van der Waals surface area contributed by atoms with Crippen molar-refractivity contribution in [3.63, 3.8) is 0 Å². The van der Waals surface area contributed by atoms with E-state index in [9.17, 15) is 0 Å². The van der Waals surface area contributed by atoms with E-state index in [-0.39, 0.29) is 0 Å². The van der Waals surface area contributed by atoms with Crippen LogP contribution in [0.5, 0.6) is 5.75 Å². The maximum atomic E-state index is 6.21. The van der Waals surface area contributed by atoms with Gasteiger partial charge in [0.25, 0.3) is 0 Å². The number of ether oxygens (including phenoxy) is 1. The molecule has 0 bridgehead atoms. The standard InChI is InChI=1S/C15H16ClN5O.C2H6/c1-3-17-7-10-6-11(13(22-2)8-19-10)12-9-21-5-4-18-15(21)14(16)20-12;1-2/h4-6,8-9,17H,3,7H2,1-2H3;1-2H3. The second kappa shape index (κ2) is 8.61. The molecule has 0 aliphatic rings. The van der Waals surface area contributed by atoms with Crippen molar-refractivity contribution in [1.29, 1.82) is 0 Å². The van der Waals surface area contributed by atoms with Crippen LogP contribution < -0.4 is 10.1 Å². The van der Waals surface area contributed by atoms with Gasteiger partial charge >= 0.3 is 0 Å². The number of nitrogens with zero attached hydrogens (tertiary/aromatic N) is 4. The van der Waals surface area contributed by atoms with Crippen LogP contribution in [-0.4, -0.2) is 33.0 Å². The lowest BCUT2D eigenvalue weighted by Crippen LogP contribution is -2.13. The number of methoxy groups -OCH3 is 1. The fraction of sp³-hybridized carbons (Fsp3) is 0.353. The molecule has 3 heterocycles. The normalized spacial score (nSPS) is 10.4. The Bertz CT molecular complexity index is 803. The number of rotatable bonds is 5. The Balaban J connectivity index is 0.00000100. The molecule has 6 nitrogen and oxygen atoms in total. The van der Waals surface area contributed by atoms with Crippen LogP contribution in [0.1, 0.15) is 26.5 Å². The zero-order chi connectivity index (χ0) is 17.5. The minimum Gasteiger partial charge on any atom is -0.494 e. The fourth-order valence-electron chi connectivity index (χ4n) is 2.22. The monoisotopic (exact) mass is 347 g/mol. The average molecular weight is 348 g/mol. The van der Waals surface area contributed by atoms with Crippen LogP contribution in [0.2, 0.25) is 5.15 Å². The minimum atomic E-state index is 0.356. The number of fused-ring (bicyclic) bond motifs is 1. The molecule has 0 unspecified atom stereocenters. The van der Waals surface area contributed by atoms with Gasteiger partial charge in [-0.2, -0.15) is 0 Å². The summed E-state index contributed by atoms with van der Waals surface area (Å²) >= 11 is 6.21. The molecule has 0 aliphatic carbocycles. The molecule has 0 atom stereocenters. The first-order valence-corrected chi connectivity index (χ1v) is 8.34. The molecule has 3 aromatic heterocycles. The summed E-state index contributed by atoms with van der Waals surface area (Å²) in [5.41, 5.74) is 3.11. The lowest BCUT2D eigenvalue weighted by molar-refractivity contribution is 0.414. The highest BCUT2D eigenvalue weighted by Crippen LogP contribution is 2.30. The SMILES string of the molecule is CC.CCNCc1cc(-c2cn3ccnc3c(Cl)n2)c(OC)cn1. The van der Waals surface area contributed by atoms with Gasteiger partial charge in [0.1, 0.15) is 5.75 Å². The molecule has 0 aliphatic heterocycles. The van der Waals surface area contributed by atoms with Crippen LogP contribution >= 0.6 is 11.6 Å². The highest BCUT2D eigenvalue weighted by molar-refractivity contribution is 6.32. The smallest absolute Gasteiger partial charge is 0.174 e.